The van der Waals surface area contributed by atoms with Gasteiger partial charge >= 0.3 is 5.97 Å². The molecule has 116 valence electrons. The molecule has 1 heterocycles. The van der Waals surface area contributed by atoms with Gasteiger partial charge in [-0.1, -0.05) is 0 Å². The van der Waals surface area contributed by atoms with Crippen LogP contribution in [0.2, 0.25) is 0 Å². The fourth-order valence-corrected chi connectivity index (χ4v) is 2.83. The average Bonchev–Trinajstić information content (AvgIpc) is 2.95. The highest BCUT2D eigenvalue weighted by atomic mass is 16.5. The summed E-state index contributed by atoms with van der Waals surface area (Å²) < 4.78 is 5.24. The minimum Gasteiger partial charge on any atom is -0.482 e. The van der Waals surface area contributed by atoms with Gasteiger partial charge in [-0.15, -0.1) is 0 Å². The molecule has 1 saturated carbocycles. The van der Waals surface area contributed by atoms with Crippen molar-refractivity contribution in [1.82, 2.24) is 5.32 Å². The van der Waals surface area contributed by atoms with Gasteiger partial charge in [0, 0.05) is 11.6 Å². The lowest BCUT2D eigenvalue weighted by Gasteiger charge is -2.19. The van der Waals surface area contributed by atoms with Crippen LogP contribution in [0.25, 0.3) is 0 Å². The number of carboxylic acid groups (broad SMARTS) is 1. The molecule has 1 aromatic rings. The molecule has 7 heteroatoms. The fourth-order valence-electron chi connectivity index (χ4n) is 2.83. The number of benzene rings is 1. The zero-order valence-electron chi connectivity index (χ0n) is 11.8. The molecule has 3 rings (SSSR count). The zero-order chi connectivity index (χ0) is 15.7. The first kappa shape index (κ1) is 14.4. The number of anilines is 1. The standard InChI is InChI=1S/C15H16N2O5/c18-13-7-22-12-4-2-8(6-11(12)17-13)14(19)16-10-3-1-9(5-10)15(20)21/h2,4,6,9-10H,1,3,5,7H2,(H,16,19)(H,17,18)(H,20,21)/t9-,10+/m1/s1. The minimum absolute atomic E-state index is 0.0306. The summed E-state index contributed by atoms with van der Waals surface area (Å²) in [5, 5.41) is 14.5. The molecule has 0 aromatic heterocycles. The maximum absolute atomic E-state index is 12.2. The van der Waals surface area contributed by atoms with Gasteiger partial charge < -0.3 is 20.5 Å². The maximum Gasteiger partial charge on any atom is 0.306 e. The van der Waals surface area contributed by atoms with Gasteiger partial charge in [0.15, 0.2) is 6.61 Å². The van der Waals surface area contributed by atoms with Crippen molar-refractivity contribution in [3.8, 4) is 5.75 Å². The van der Waals surface area contributed by atoms with Gasteiger partial charge in [0.25, 0.3) is 11.8 Å². The lowest BCUT2D eigenvalue weighted by molar-refractivity contribution is -0.141. The second-order valence-corrected chi connectivity index (χ2v) is 5.57. The molecule has 1 fully saturated rings. The van der Waals surface area contributed by atoms with E-state index in [0.717, 1.165) is 0 Å². The number of carbonyl (C=O) groups excluding carboxylic acids is 2. The Morgan fingerprint density at radius 1 is 1.32 bits per heavy atom. The van der Waals surface area contributed by atoms with E-state index in [9.17, 15) is 14.4 Å². The third-order valence-electron chi connectivity index (χ3n) is 3.99. The Balaban J connectivity index is 1.67. The van der Waals surface area contributed by atoms with Gasteiger partial charge in [0.2, 0.25) is 0 Å². The van der Waals surface area contributed by atoms with Crippen molar-refractivity contribution in [2.24, 2.45) is 5.92 Å². The highest BCUT2D eigenvalue weighted by Gasteiger charge is 2.30. The molecular weight excluding hydrogens is 288 g/mol. The molecule has 7 nitrogen and oxygen atoms in total. The van der Waals surface area contributed by atoms with Crippen LogP contribution in [0.3, 0.4) is 0 Å². The zero-order valence-corrected chi connectivity index (χ0v) is 11.8. The van der Waals surface area contributed by atoms with E-state index >= 15 is 0 Å². The monoisotopic (exact) mass is 304 g/mol. The molecule has 0 bridgehead atoms. The van der Waals surface area contributed by atoms with Crippen molar-refractivity contribution in [2.45, 2.75) is 25.3 Å². The largest absolute Gasteiger partial charge is 0.482 e. The lowest BCUT2D eigenvalue weighted by Crippen LogP contribution is -2.33. The second-order valence-electron chi connectivity index (χ2n) is 5.57. The molecule has 1 aromatic carbocycles. The van der Waals surface area contributed by atoms with Gasteiger partial charge in [-0.25, -0.2) is 0 Å². The van der Waals surface area contributed by atoms with E-state index in [-0.39, 0.29) is 30.4 Å². The first-order valence-electron chi connectivity index (χ1n) is 7.13. The Labute approximate surface area is 126 Å². The molecule has 0 unspecified atom stereocenters. The predicted octanol–water partition coefficient (Wildman–Crippen LogP) is 1.00. The number of ether oxygens (including phenoxy) is 1. The highest BCUT2D eigenvalue weighted by molar-refractivity contribution is 6.00. The molecule has 22 heavy (non-hydrogen) atoms. The fraction of sp³-hybridized carbons (Fsp3) is 0.400. The van der Waals surface area contributed by atoms with E-state index in [1.807, 2.05) is 0 Å². The predicted molar refractivity (Wildman–Crippen MR) is 76.8 cm³/mol. The summed E-state index contributed by atoms with van der Waals surface area (Å²) in [6, 6.07) is 4.69. The normalized spacial score (nSPS) is 23.2. The molecule has 0 saturated heterocycles. The summed E-state index contributed by atoms with van der Waals surface area (Å²) in [7, 11) is 0. The van der Waals surface area contributed by atoms with Crippen molar-refractivity contribution in [2.75, 3.05) is 11.9 Å². The average molecular weight is 304 g/mol. The Kier molecular flexibility index (Phi) is 3.70. The molecule has 0 spiro atoms. The first-order chi connectivity index (χ1) is 10.5. The van der Waals surface area contributed by atoms with Gasteiger partial charge in [-0.2, -0.15) is 0 Å². The number of carboxylic acids is 1. The van der Waals surface area contributed by atoms with E-state index in [0.29, 0.717) is 36.3 Å². The van der Waals surface area contributed by atoms with Crippen LogP contribution in [0.5, 0.6) is 5.75 Å². The van der Waals surface area contributed by atoms with Gasteiger partial charge in [-0.05, 0) is 37.5 Å². The Bertz CT molecular complexity index is 643. The second kappa shape index (κ2) is 5.67. The van der Waals surface area contributed by atoms with Crippen LogP contribution in [-0.2, 0) is 9.59 Å². The smallest absolute Gasteiger partial charge is 0.306 e. The Morgan fingerprint density at radius 3 is 2.86 bits per heavy atom. The van der Waals surface area contributed by atoms with Crippen LogP contribution < -0.4 is 15.4 Å². The number of nitrogens with one attached hydrogen (secondary N) is 2. The Hall–Kier alpha value is -2.57. The number of amides is 2. The van der Waals surface area contributed by atoms with E-state index < -0.39 is 5.97 Å². The minimum atomic E-state index is -0.814. The van der Waals surface area contributed by atoms with E-state index in [1.54, 1.807) is 18.2 Å². The van der Waals surface area contributed by atoms with Crippen molar-refractivity contribution < 1.29 is 24.2 Å². The van der Waals surface area contributed by atoms with E-state index in [2.05, 4.69) is 10.6 Å². The maximum atomic E-state index is 12.2. The number of fused-ring (bicyclic) bond motifs is 1. The van der Waals surface area contributed by atoms with Crippen LogP contribution in [-0.4, -0.2) is 35.5 Å². The Morgan fingerprint density at radius 2 is 2.14 bits per heavy atom. The van der Waals surface area contributed by atoms with Crippen molar-refractivity contribution in [3.05, 3.63) is 23.8 Å². The van der Waals surface area contributed by atoms with E-state index in [4.69, 9.17) is 9.84 Å². The number of carbonyl (C=O) groups is 3. The third kappa shape index (κ3) is 2.88. The van der Waals surface area contributed by atoms with E-state index in [1.165, 1.54) is 0 Å². The molecule has 2 atom stereocenters. The molecule has 0 radical (unpaired) electrons. The number of hydrogen-bond acceptors (Lipinski definition) is 4. The summed E-state index contributed by atoms with van der Waals surface area (Å²) in [4.78, 5) is 34.5. The van der Waals surface area contributed by atoms with Crippen LogP contribution >= 0.6 is 0 Å². The third-order valence-corrected chi connectivity index (χ3v) is 3.99. The molecular formula is C15H16N2O5. The number of rotatable bonds is 3. The topological polar surface area (TPSA) is 105 Å². The molecule has 2 aliphatic rings. The van der Waals surface area contributed by atoms with Crippen molar-refractivity contribution in [3.63, 3.8) is 0 Å². The summed E-state index contributed by atoms with van der Waals surface area (Å²) in [6.07, 6.45) is 1.69. The first-order valence-corrected chi connectivity index (χ1v) is 7.13. The number of aliphatic carboxylic acids is 1. The number of hydrogen-bond donors (Lipinski definition) is 3. The molecule has 1 aliphatic carbocycles. The summed E-state index contributed by atoms with van der Waals surface area (Å²) in [6.45, 7) is -0.0306. The SMILES string of the molecule is O=C1COc2ccc(C(=O)N[C@H]3CC[C@@H](C(=O)O)C3)cc2N1. The molecule has 3 N–H and O–H groups in total. The van der Waals surface area contributed by atoms with Crippen molar-refractivity contribution in [1.29, 1.82) is 0 Å². The summed E-state index contributed by atoms with van der Waals surface area (Å²) >= 11 is 0. The summed E-state index contributed by atoms with van der Waals surface area (Å²) in [5.74, 6) is -1.21. The van der Waals surface area contributed by atoms with Gasteiger partial charge in [0.1, 0.15) is 5.75 Å². The van der Waals surface area contributed by atoms with Crippen molar-refractivity contribution >= 4 is 23.5 Å². The van der Waals surface area contributed by atoms with Crippen LogP contribution in [0.1, 0.15) is 29.6 Å². The van der Waals surface area contributed by atoms with Gasteiger partial charge in [0.05, 0.1) is 11.6 Å². The van der Waals surface area contributed by atoms with Crippen LogP contribution in [0.15, 0.2) is 18.2 Å². The lowest BCUT2D eigenvalue weighted by atomic mass is 10.1. The highest BCUT2D eigenvalue weighted by Crippen LogP contribution is 2.29. The molecule has 2 amide bonds. The summed E-state index contributed by atoms with van der Waals surface area (Å²) in [5.41, 5.74) is 0.877. The van der Waals surface area contributed by atoms with Crippen LogP contribution in [0, 0.1) is 5.92 Å². The quantitative estimate of drug-likeness (QED) is 0.772. The van der Waals surface area contributed by atoms with Crippen LogP contribution in [0.4, 0.5) is 5.69 Å². The van der Waals surface area contributed by atoms with Gasteiger partial charge in [-0.3, -0.25) is 14.4 Å². The molecule has 1 aliphatic heterocycles.